The van der Waals surface area contributed by atoms with Gasteiger partial charge in [-0.3, -0.25) is 0 Å². The molecule has 4 heteroatoms. The van der Waals surface area contributed by atoms with Gasteiger partial charge >= 0.3 is 0 Å². The molecule has 1 aromatic carbocycles. The van der Waals surface area contributed by atoms with Crippen molar-refractivity contribution >= 4 is 0 Å². The topological polar surface area (TPSA) is 41.9 Å². The first-order valence-corrected chi connectivity index (χ1v) is 6.32. The summed E-state index contributed by atoms with van der Waals surface area (Å²) >= 11 is 0. The Morgan fingerprint density at radius 3 is 2.61 bits per heavy atom. The van der Waals surface area contributed by atoms with E-state index in [1.54, 1.807) is 0 Å². The number of hydrogen-bond donors (Lipinski definition) is 1. The summed E-state index contributed by atoms with van der Waals surface area (Å²) in [7, 11) is 4.07. The van der Waals surface area contributed by atoms with E-state index in [4.69, 9.17) is 9.47 Å². The van der Waals surface area contributed by atoms with Crippen LogP contribution in [0.2, 0.25) is 0 Å². The minimum atomic E-state index is -0.0378. The molecular weight excluding hydrogens is 230 g/mol. The fraction of sp³-hybridized carbons (Fsp3) is 0.571. The minimum Gasteiger partial charge on any atom is -0.490 e. The molecule has 0 spiro atoms. The summed E-state index contributed by atoms with van der Waals surface area (Å²) in [5, 5.41) is 9.31. The van der Waals surface area contributed by atoms with Gasteiger partial charge in [0.05, 0.1) is 19.8 Å². The molecule has 4 nitrogen and oxygen atoms in total. The Kier molecular flexibility index (Phi) is 6.54. The summed E-state index contributed by atoms with van der Waals surface area (Å²) in [4.78, 5) is 2.12. The van der Waals surface area contributed by atoms with E-state index in [1.165, 1.54) is 0 Å². The second-order valence-corrected chi connectivity index (χ2v) is 4.34. The number of nitrogens with zero attached hydrogens (tertiary/aromatic N) is 1. The number of aliphatic hydroxyl groups is 1. The summed E-state index contributed by atoms with van der Waals surface area (Å²) in [5.41, 5.74) is 0.769. The Hall–Kier alpha value is -1.26. The van der Waals surface area contributed by atoms with E-state index >= 15 is 0 Å². The van der Waals surface area contributed by atoms with E-state index in [9.17, 15) is 5.11 Å². The van der Waals surface area contributed by atoms with E-state index in [0.717, 1.165) is 18.5 Å². The van der Waals surface area contributed by atoms with E-state index in [2.05, 4.69) is 4.90 Å². The van der Waals surface area contributed by atoms with Crippen LogP contribution in [0.5, 0.6) is 11.5 Å². The number of hydrogen-bond acceptors (Lipinski definition) is 4. The van der Waals surface area contributed by atoms with Crippen LogP contribution in [0.4, 0.5) is 0 Å². The summed E-state index contributed by atoms with van der Waals surface area (Å²) in [6, 6.07) is 5.58. The molecular formula is C14H23NO3. The van der Waals surface area contributed by atoms with Crippen molar-refractivity contribution in [2.24, 2.45) is 0 Å². The maximum Gasteiger partial charge on any atom is 0.166 e. The normalized spacial score (nSPS) is 10.7. The SMILES string of the molecule is CCOc1cccc(CO)c1OCCCN(C)C. The molecule has 0 atom stereocenters. The second kappa shape index (κ2) is 7.95. The molecule has 0 saturated carbocycles. The Morgan fingerprint density at radius 1 is 1.22 bits per heavy atom. The van der Waals surface area contributed by atoms with Crippen LogP contribution in [-0.2, 0) is 6.61 Å². The lowest BCUT2D eigenvalue weighted by atomic mass is 10.2. The maximum absolute atomic E-state index is 9.31. The van der Waals surface area contributed by atoms with Gasteiger partial charge in [-0.25, -0.2) is 0 Å². The smallest absolute Gasteiger partial charge is 0.166 e. The molecule has 0 bridgehead atoms. The third kappa shape index (κ3) is 4.55. The molecule has 0 radical (unpaired) electrons. The van der Waals surface area contributed by atoms with E-state index in [-0.39, 0.29) is 6.61 Å². The largest absolute Gasteiger partial charge is 0.490 e. The van der Waals surface area contributed by atoms with Crippen LogP contribution < -0.4 is 9.47 Å². The second-order valence-electron chi connectivity index (χ2n) is 4.34. The molecule has 1 rings (SSSR count). The molecule has 0 aromatic heterocycles. The van der Waals surface area contributed by atoms with Gasteiger partial charge in [-0.15, -0.1) is 0 Å². The Bertz CT molecular complexity index is 353. The highest BCUT2D eigenvalue weighted by molar-refractivity contribution is 5.46. The van der Waals surface area contributed by atoms with Gasteiger partial charge in [-0.2, -0.15) is 0 Å². The molecule has 18 heavy (non-hydrogen) atoms. The molecule has 0 unspecified atom stereocenters. The standard InChI is InChI=1S/C14H23NO3/c1-4-17-13-8-5-7-12(11-16)14(13)18-10-6-9-15(2)3/h5,7-8,16H,4,6,9-11H2,1-3H3. The van der Waals surface area contributed by atoms with Gasteiger partial charge in [0, 0.05) is 12.1 Å². The van der Waals surface area contributed by atoms with Gasteiger partial charge in [-0.1, -0.05) is 12.1 Å². The van der Waals surface area contributed by atoms with Crippen LogP contribution in [0, 0.1) is 0 Å². The van der Waals surface area contributed by atoms with Gasteiger partial charge in [0.1, 0.15) is 0 Å². The van der Waals surface area contributed by atoms with E-state index < -0.39 is 0 Å². The third-order valence-corrected chi connectivity index (χ3v) is 2.53. The predicted molar refractivity (Wildman–Crippen MR) is 72.2 cm³/mol. The van der Waals surface area contributed by atoms with Crippen molar-refractivity contribution in [3.63, 3.8) is 0 Å². The predicted octanol–water partition coefficient (Wildman–Crippen LogP) is 1.91. The first-order valence-electron chi connectivity index (χ1n) is 6.32. The summed E-state index contributed by atoms with van der Waals surface area (Å²) in [6.07, 6.45) is 0.943. The lowest BCUT2D eigenvalue weighted by Gasteiger charge is -2.15. The highest BCUT2D eigenvalue weighted by atomic mass is 16.5. The number of rotatable bonds is 8. The summed E-state index contributed by atoms with van der Waals surface area (Å²) in [5.74, 6) is 1.37. The average Bonchev–Trinajstić information content (AvgIpc) is 2.35. The molecule has 0 fully saturated rings. The number of para-hydroxylation sites is 1. The van der Waals surface area contributed by atoms with Gasteiger partial charge < -0.3 is 19.5 Å². The zero-order chi connectivity index (χ0) is 13.4. The summed E-state index contributed by atoms with van der Waals surface area (Å²) < 4.78 is 11.3. The van der Waals surface area contributed by atoms with Crippen molar-refractivity contribution in [2.75, 3.05) is 33.9 Å². The molecule has 0 aliphatic heterocycles. The van der Waals surface area contributed by atoms with Crippen molar-refractivity contribution in [3.8, 4) is 11.5 Å². The molecule has 0 saturated heterocycles. The van der Waals surface area contributed by atoms with E-state index in [0.29, 0.717) is 24.7 Å². The number of aliphatic hydroxyl groups excluding tert-OH is 1. The molecule has 102 valence electrons. The van der Waals surface area contributed by atoms with Gasteiger partial charge in [0.2, 0.25) is 0 Å². The molecule has 1 N–H and O–H groups in total. The van der Waals surface area contributed by atoms with Gasteiger partial charge in [-0.05, 0) is 33.5 Å². The lowest BCUT2D eigenvalue weighted by Crippen LogP contribution is -2.16. The monoisotopic (exact) mass is 253 g/mol. The zero-order valence-electron chi connectivity index (χ0n) is 11.5. The van der Waals surface area contributed by atoms with Crippen LogP contribution in [0.25, 0.3) is 0 Å². The molecule has 0 heterocycles. The van der Waals surface area contributed by atoms with Crippen molar-refractivity contribution in [3.05, 3.63) is 23.8 Å². The fourth-order valence-corrected chi connectivity index (χ4v) is 1.67. The van der Waals surface area contributed by atoms with Crippen LogP contribution in [0.1, 0.15) is 18.9 Å². The van der Waals surface area contributed by atoms with Crippen molar-refractivity contribution in [1.29, 1.82) is 0 Å². The quantitative estimate of drug-likeness (QED) is 0.719. The van der Waals surface area contributed by atoms with Crippen molar-refractivity contribution < 1.29 is 14.6 Å². The van der Waals surface area contributed by atoms with Gasteiger partial charge in [0.15, 0.2) is 11.5 Å². The Labute approximate surface area is 109 Å². The first kappa shape index (κ1) is 14.8. The van der Waals surface area contributed by atoms with Crippen LogP contribution >= 0.6 is 0 Å². The van der Waals surface area contributed by atoms with Crippen LogP contribution in [0.15, 0.2) is 18.2 Å². The van der Waals surface area contributed by atoms with Crippen molar-refractivity contribution in [1.82, 2.24) is 4.90 Å². The van der Waals surface area contributed by atoms with Crippen LogP contribution in [0.3, 0.4) is 0 Å². The fourth-order valence-electron chi connectivity index (χ4n) is 1.67. The average molecular weight is 253 g/mol. The molecule has 1 aromatic rings. The highest BCUT2D eigenvalue weighted by Gasteiger charge is 2.10. The summed E-state index contributed by atoms with van der Waals surface area (Å²) in [6.45, 7) is 4.08. The van der Waals surface area contributed by atoms with Crippen molar-refractivity contribution in [2.45, 2.75) is 20.0 Å². The Morgan fingerprint density at radius 2 is 2.00 bits per heavy atom. The van der Waals surface area contributed by atoms with Crippen LogP contribution in [-0.4, -0.2) is 43.9 Å². The molecule has 0 aliphatic rings. The van der Waals surface area contributed by atoms with E-state index in [1.807, 2.05) is 39.2 Å². The lowest BCUT2D eigenvalue weighted by molar-refractivity contribution is 0.239. The number of benzene rings is 1. The highest BCUT2D eigenvalue weighted by Crippen LogP contribution is 2.31. The van der Waals surface area contributed by atoms with Gasteiger partial charge in [0.25, 0.3) is 0 Å². The Balaban J connectivity index is 2.65. The molecule has 0 amide bonds. The maximum atomic E-state index is 9.31. The number of ether oxygens (including phenoxy) is 2. The zero-order valence-corrected chi connectivity index (χ0v) is 11.5. The first-order chi connectivity index (χ1) is 8.69. The molecule has 0 aliphatic carbocycles. The minimum absolute atomic E-state index is 0.0378. The third-order valence-electron chi connectivity index (χ3n) is 2.53.